The van der Waals surface area contributed by atoms with Crippen LogP contribution >= 0.6 is 0 Å². The zero-order valence-corrected chi connectivity index (χ0v) is 13.2. The van der Waals surface area contributed by atoms with E-state index in [-0.39, 0.29) is 12.5 Å². The number of hydrogen-bond acceptors (Lipinski definition) is 4. The molecule has 0 aliphatic carbocycles. The molecule has 0 spiro atoms. The van der Waals surface area contributed by atoms with Crippen LogP contribution in [-0.2, 0) is 17.9 Å². The van der Waals surface area contributed by atoms with Gasteiger partial charge < -0.3 is 10.1 Å². The first-order valence-corrected chi connectivity index (χ1v) is 7.71. The second-order valence-electron chi connectivity index (χ2n) is 5.68. The summed E-state index contributed by atoms with van der Waals surface area (Å²) in [6.45, 7) is 2.50. The number of para-hydroxylation sites is 1. The highest BCUT2D eigenvalue weighted by Gasteiger charge is 2.22. The molecular weight excluding hydrogens is 304 g/mol. The summed E-state index contributed by atoms with van der Waals surface area (Å²) in [5.41, 5.74) is 3.80. The predicted molar refractivity (Wildman–Crippen MR) is 89.6 cm³/mol. The minimum absolute atomic E-state index is 0.125. The van der Waals surface area contributed by atoms with E-state index in [1.54, 1.807) is 17.1 Å². The molecule has 0 unspecified atom stereocenters. The number of anilines is 1. The Kier molecular flexibility index (Phi) is 3.49. The number of aryl methyl sites for hydroxylation is 1. The highest BCUT2D eigenvalue weighted by molar-refractivity contribution is 5.90. The Labute approximate surface area is 139 Å². The van der Waals surface area contributed by atoms with Crippen molar-refractivity contribution >= 4 is 11.7 Å². The van der Waals surface area contributed by atoms with E-state index < -0.39 is 0 Å². The highest BCUT2D eigenvalue weighted by Crippen LogP contribution is 2.36. The molecule has 0 bridgehead atoms. The smallest absolute Gasteiger partial charge is 0.247 e. The Balaban J connectivity index is 1.60. The molecule has 1 aromatic carbocycles. The topological polar surface area (TPSA) is 69.0 Å². The first-order chi connectivity index (χ1) is 11.7. The number of pyridine rings is 1. The Morgan fingerprint density at radius 3 is 3.04 bits per heavy atom. The molecule has 0 atom stereocenters. The normalized spacial score (nSPS) is 12.0. The molecule has 6 nitrogen and oxygen atoms in total. The summed E-state index contributed by atoms with van der Waals surface area (Å²) in [6.07, 6.45) is 3.41. The number of nitrogens with zero attached hydrogens (tertiary/aromatic N) is 3. The molecule has 1 amide bonds. The van der Waals surface area contributed by atoms with E-state index in [9.17, 15) is 4.79 Å². The van der Waals surface area contributed by atoms with Crippen LogP contribution in [-0.4, -0.2) is 20.7 Å². The predicted octanol–water partition coefficient (Wildman–Crippen LogP) is 2.78. The van der Waals surface area contributed by atoms with Gasteiger partial charge in [0.1, 0.15) is 24.7 Å². The number of nitrogens with one attached hydrogen (secondary N) is 1. The molecule has 0 fully saturated rings. The molecule has 0 saturated carbocycles. The molecule has 3 aromatic rings. The monoisotopic (exact) mass is 320 g/mol. The summed E-state index contributed by atoms with van der Waals surface area (Å²) in [5.74, 6) is 1.23. The minimum Gasteiger partial charge on any atom is -0.488 e. The van der Waals surface area contributed by atoms with Crippen LogP contribution in [0.15, 0.2) is 48.8 Å². The summed E-state index contributed by atoms with van der Waals surface area (Å²) < 4.78 is 7.43. The van der Waals surface area contributed by atoms with Crippen LogP contribution < -0.4 is 10.1 Å². The fourth-order valence-electron chi connectivity index (χ4n) is 2.83. The lowest BCUT2D eigenvalue weighted by Crippen LogP contribution is -2.21. The van der Waals surface area contributed by atoms with Gasteiger partial charge in [-0.15, -0.1) is 0 Å². The summed E-state index contributed by atoms with van der Waals surface area (Å²) in [6, 6.07) is 11.5. The van der Waals surface area contributed by atoms with Gasteiger partial charge in [-0.3, -0.25) is 9.48 Å². The van der Waals surface area contributed by atoms with Gasteiger partial charge in [0.2, 0.25) is 5.91 Å². The van der Waals surface area contributed by atoms with E-state index in [2.05, 4.69) is 15.4 Å². The van der Waals surface area contributed by atoms with Crippen molar-refractivity contribution < 1.29 is 9.53 Å². The van der Waals surface area contributed by atoms with Crippen molar-refractivity contribution in [2.45, 2.75) is 20.1 Å². The molecule has 24 heavy (non-hydrogen) atoms. The van der Waals surface area contributed by atoms with Crippen molar-refractivity contribution in [3.05, 3.63) is 59.9 Å². The first-order valence-electron chi connectivity index (χ1n) is 7.71. The molecule has 1 aliphatic heterocycles. The number of rotatable bonds is 3. The number of fused-ring (bicyclic) bond motifs is 3. The van der Waals surface area contributed by atoms with Gasteiger partial charge in [0, 0.05) is 17.3 Å². The lowest BCUT2D eigenvalue weighted by atomic mass is 10.0. The second-order valence-corrected chi connectivity index (χ2v) is 5.68. The zero-order valence-electron chi connectivity index (χ0n) is 13.2. The van der Waals surface area contributed by atoms with Crippen molar-refractivity contribution in [3.63, 3.8) is 0 Å². The van der Waals surface area contributed by atoms with E-state index in [0.29, 0.717) is 12.4 Å². The van der Waals surface area contributed by atoms with Gasteiger partial charge in [0.05, 0.1) is 11.9 Å². The van der Waals surface area contributed by atoms with Gasteiger partial charge in [-0.1, -0.05) is 18.2 Å². The van der Waals surface area contributed by atoms with Crippen molar-refractivity contribution in [1.82, 2.24) is 14.8 Å². The van der Waals surface area contributed by atoms with Crippen molar-refractivity contribution in [2.24, 2.45) is 0 Å². The quantitative estimate of drug-likeness (QED) is 0.805. The SMILES string of the molecule is Cc1cccnc1NC(=O)Cn1ncc2c1-c1ccccc1OC2. The first kappa shape index (κ1) is 14.4. The van der Waals surface area contributed by atoms with Crippen molar-refractivity contribution in [2.75, 3.05) is 5.32 Å². The van der Waals surface area contributed by atoms with Crippen LogP contribution in [0, 0.1) is 6.92 Å². The molecule has 0 radical (unpaired) electrons. The average molecular weight is 320 g/mol. The average Bonchev–Trinajstić information content (AvgIpc) is 3.00. The number of aromatic nitrogens is 3. The maximum Gasteiger partial charge on any atom is 0.247 e. The Bertz CT molecular complexity index is 917. The lowest BCUT2D eigenvalue weighted by Gasteiger charge is -2.19. The lowest BCUT2D eigenvalue weighted by molar-refractivity contribution is -0.116. The number of ether oxygens (including phenoxy) is 1. The molecule has 1 N–H and O–H groups in total. The van der Waals surface area contributed by atoms with E-state index in [0.717, 1.165) is 28.1 Å². The third-order valence-electron chi connectivity index (χ3n) is 4.00. The number of carbonyl (C=O) groups excluding carboxylic acids is 1. The molecule has 0 saturated heterocycles. The van der Waals surface area contributed by atoms with Crippen molar-refractivity contribution in [1.29, 1.82) is 0 Å². The molecule has 1 aliphatic rings. The van der Waals surface area contributed by atoms with E-state index in [4.69, 9.17) is 4.74 Å². The fourth-order valence-corrected chi connectivity index (χ4v) is 2.83. The number of carbonyl (C=O) groups is 1. The molecule has 120 valence electrons. The standard InChI is InChI=1S/C18H16N4O2/c1-12-5-4-8-19-18(12)21-16(23)10-22-17-13(9-20-22)11-24-15-7-3-2-6-14(15)17/h2-9H,10-11H2,1H3,(H,19,21,23). The summed E-state index contributed by atoms with van der Waals surface area (Å²) in [4.78, 5) is 16.6. The van der Waals surface area contributed by atoms with Crippen LogP contribution in [0.2, 0.25) is 0 Å². The van der Waals surface area contributed by atoms with Crippen LogP contribution in [0.25, 0.3) is 11.3 Å². The Morgan fingerprint density at radius 2 is 2.17 bits per heavy atom. The molecule has 4 rings (SSSR count). The third kappa shape index (κ3) is 2.52. The minimum atomic E-state index is -0.160. The zero-order chi connectivity index (χ0) is 16.5. The third-order valence-corrected chi connectivity index (χ3v) is 4.00. The summed E-state index contributed by atoms with van der Waals surface area (Å²) in [7, 11) is 0. The number of benzene rings is 1. The summed E-state index contributed by atoms with van der Waals surface area (Å²) in [5, 5.41) is 7.19. The largest absolute Gasteiger partial charge is 0.488 e. The van der Waals surface area contributed by atoms with Gasteiger partial charge in [0.25, 0.3) is 0 Å². The van der Waals surface area contributed by atoms with Gasteiger partial charge in [-0.25, -0.2) is 4.98 Å². The van der Waals surface area contributed by atoms with Gasteiger partial charge in [0.15, 0.2) is 0 Å². The molecule has 2 aromatic heterocycles. The molecule has 6 heteroatoms. The van der Waals surface area contributed by atoms with Gasteiger partial charge >= 0.3 is 0 Å². The molecular formula is C18H16N4O2. The fraction of sp³-hybridized carbons (Fsp3) is 0.167. The highest BCUT2D eigenvalue weighted by atomic mass is 16.5. The van der Waals surface area contributed by atoms with Crippen LogP contribution in [0.5, 0.6) is 5.75 Å². The van der Waals surface area contributed by atoms with Crippen LogP contribution in [0.1, 0.15) is 11.1 Å². The van der Waals surface area contributed by atoms with Gasteiger partial charge in [-0.05, 0) is 30.7 Å². The van der Waals surface area contributed by atoms with E-state index in [1.807, 2.05) is 43.3 Å². The van der Waals surface area contributed by atoms with Crippen LogP contribution in [0.4, 0.5) is 5.82 Å². The van der Waals surface area contributed by atoms with Gasteiger partial charge in [-0.2, -0.15) is 5.10 Å². The maximum atomic E-state index is 12.4. The van der Waals surface area contributed by atoms with Crippen molar-refractivity contribution in [3.8, 4) is 17.0 Å². The Morgan fingerprint density at radius 1 is 1.29 bits per heavy atom. The number of hydrogen-bond donors (Lipinski definition) is 1. The number of amides is 1. The maximum absolute atomic E-state index is 12.4. The van der Waals surface area contributed by atoms with E-state index in [1.165, 1.54) is 0 Å². The summed E-state index contributed by atoms with van der Waals surface area (Å²) >= 11 is 0. The molecule has 3 heterocycles. The van der Waals surface area contributed by atoms with Crippen LogP contribution in [0.3, 0.4) is 0 Å². The Hall–Kier alpha value is -3.15. The van der Waals surface area contributed by atoms with E-state index >= 15 is 0 Å². The second kappa shape index (κ2) is 5.81.